The van der Waals surface area contributed by atoms with Gasteiger partial charge in [-0.2, -0.15) is 0 Å². The number of hydrogen-bond acceptors (Lipinski definition) is 4. The lowest BCUT2D eigenvalue weighted by Crippen LogP contribution is -2.07. The van der Waals surface area contributed by atoms with Crippen molar-refractivity contribution in [3.05, 3.63) is 50.6 Å². The molecule has 0 fully saturated rings. The molecule has 0 aliphatic carbocycles. The van der Waals surface area contributed by atoms with Gasteiger partial charge in [0.05, 0.1) is 21.8 Å². The Hall–Kier alpha value is -1.24. The molecule has 0 radical (unpaired) electrons. The van der Waals surface area contributed by atoms with Crippen molar-refractivity contribution in [2.24, 2.45) is 0 Å². The zero-order chi connectivity index (χ0) is 14.7. The second kappa shape index (κ2) is 6.47. The third-order valence-electron chi connectivity index (χ3n) is 2.65. The highest BCUT2D eigenvalue weighted by Gasteiger charge is 2.13. The molecule has 106 valence electrons. The Morgan fingerprint density at radius 3 is 2.85 bits per heavy atom. The predicted octanol–water partition coefficient (Wildman–Crippen LogP) is 3.35. The van der Waals surface area contributed by atoms with Crippen LogP contribution in [0.25, 0.3) is 0 Å². The average molecular weight is 361 g/mol. The van der Waals surface area contributed by atoms with Gasteiger partial charge in [0.2, 0.25) is 0 Å². The van der Waals surface area contributed by atoms with Crippen molar-refractivity contribution in [2.45, 2.75) is 13.0 Å². The van der Waals surface area contributed by atoms with E-state index in [0.29, 0.717) is 34.0 Å². The molecule has 0 saturated carbocycles. The van der Waals surface area contributed by atoms with E-state index >= 15 is 0 Å². The lowest BCUT2D eigenvalue weighted by molar-refractivity contribution is 0.180. The number of nitrogens with zero attached hydrogens (tertiary/aromatic N) is 2. The van der Waals surface area contributed by atoms with Crippen LogP contribution in [0.3, 0.4) is 0 Å². The summed E-state index contributed by atoms with van der Waals surface area (Å²) < 4.78 is 19.5. The molecular formula is C13H12BrClFN3O. The topological polar surface area (TPSA) is 61.0 Å². The van der Waals surface area contributed by atoms with Crippen LogP contribution >= 0.6 is 27.5 Å². The number of methoxy groups -OCH3 is 1. The van der Waals surface area contributed by atoms with Crippen molar-refractivity contribution in [1.29, 1.82) is 0 Å². The van der Waals surface area contributed by atoms with E-state index in [0.717, 1.165) is 0 Å². The van der Waals surface area contributed by atoms with Gasteiger partial charge >= 0.3 is 0 Å². The van der Waals surface area contributed by atoms with Crippen LogP contribution in [-0.4, -0.2) is 17.1 Å². The van der Waals surface area contributed by atoms with Gasteiger partial charge in [0, 0.05) is 13.5 Å². The zero-order valence-electron chi connectivity index (χ0n) is 10.7. The van der Waals surface area contributed by atoms with Crippen molar-refractivity contribution in [1.82, 2.24) is 9.97 Å². The van der Waals surface area contributed by atoms with Crippen molar-refractivity contribution >= 4 is 33.3 Å². The number of nitrogens with two attached hydrogens (primary N) is 1. The smallest absolute Gasteiger partial charge is 0.145 e. The van der Waals surface area contributed by atoms with Crippen LogP contribution in [0.15, 0.2) is 22.7 Å². The van der Waals surface area contributed by atoms with Gasteiger partial charge in [-0.05, 0) is 27.6 Å². The molecule has 0 bridgehead atoms. The quantitative estimate of drug-likeness (QED) is 0.908. The lowest BCUT2D eigenvalue weighted by Gasteiger charge is -2.09. The minimum absolute atomic E-state index is 0.0738. The molecular weight excluding hydrogens is 349 g/mol. The number of anilines is 1. The monoisotopic (exact) mass is 359 g/mol. The highest BCUT2D eigenvalue weighted by atomic mass is 79.9. The van der Waals surface area contributed by atoms with E-state index < -0.39 is 5.82 Å². The van der Waals surface area contributed by atoms with E-state index in [1.165, 1.54) is 6.07 Å². The van der Waals surface area contributed by atoms with Crippen LogP contribution in [0, 0.1) is 5.82 Å². The fraction of sp³-hybridized carbons (Fsp3) is 0.231. The molecule has 0 aliphatic rings. The van der Waals surface area contributed by atoms with Gasteiger partial charge < -0.3 is 10.5 Å². The summed E-state index contributed by atoms with van der Waals surface area (Å²) in [6.07, 6.45) is 0.209. The Labute approximate surface area is 129 Å². The SMILES string of the molecule is COCc1nc(Cc2cccc(Cl)c2F)nc(N)c1Br. The lowest BCUT2D eigenvalue weighted by atomic mass is 10.1. The first-order chi connectivity index (χ1) is 9.52. The van der Waals surface area contributed by atoms with Crippen LogP contribution < -0.4 is 5.73 Å². The van der Waals surface area contributed by atoms with Gasteiger partial charge in [-0.1, -0.05) is 23.7 Å². The van der Waals surface area contributed by atoms with Gasteiger partial charge in [0.1, 0.15) is 17.5 Å². The fourth-order valence-electron chi connectivity index (χ4n) is 1.73. The summed E-state index contributed by atoms with van der Waals surface area (Å²) >= 11 is 9.05. The summed E-state index contributed by atoms with van der Waals surface area (Å²) in [6, 6.07) is 4.81. The maximum atomic E-state index is 13.9. The molecule has 4 nitrogen and oxygen atoms in total. The highest BCUT2D eigenvalue weighted by molar-refractivity contribution is 9.10. The van der Waals surface area contributed by atoms with Crippen molar-refractivity contribution in [2.75, 3.05) is 12.8 Å². The largest absolute Gasteiger partial charge is 0.383 e. The molecule has 2 aromatic rings. The zero-order valence-corrected chi connectivity index (χ0v) is 13.0. The summed E-state index contributed by atoms with van der Waals surface area (Å²) in [5, 5.41) is 0.0738. The van der Waals surface area contributed by atoms with E-state index in [2.05, 4.69) is 25.9 Å². The molecule has 1 heterocycles. The number of halogens is 3. The summed E-state index contributed by atoms with van der Waals surface area (Å²) in [5.74, 6) is 0.246. The molecule has 20 heavy (non-hydrogen) atoms. The van der Waals surface area contributed by atoms with E-state index in [-0.39, 0.29) is 11.4 Å². The predicted molar refractivity (Wildman–Crippen MR) is 79.1 cm³/mol. The molecule has 0 unspecified atom stereocenters. The molecule has 2 N–H and O–H groups in total. The fourth-order valence-corrected chi connectivity index (χ4v) is 2.22. The molecule has 0 spiro atoms. The summed E-state index contributed by atoms with van der Waals surface area (Å²) in [4.78, 5) is 8.45. The molecule has 2 rings (SSSR count). The first kappa shape index (κ1) is 15.2. The number of benzene rings is 1. The number of hydrogen-bond donors (Lipinski definition) is 1. The Kier molecular flexibility index (Phi) is 4.91. The second-order valence-corrected chi connectivity index (χ2v) is 5.31. The van der Waals surface area contributed by atoms with Gasteiger partial charge in [-0.15, -0.1) is 0 Å². The molecule has 1 aromatic heterocycles. The Morgan fingerprint density at radius 1 is 1.40 bits per heavy atom. The highest BCUT2D eigenvalue weighted by Crippen LogP contribution is 2.24. The van der Waals surface area contributed by atoms with Gasteiger partial charge in [-0.3, -0.25) is 0 Å². The van der Waals surface area contributed by atoms with Crippen LogP contribution in [0.2, 0.25) is 5.02 Å². The summed E-state index contributed by atoms with van der Waals surface area (Å²) in [7, 11) is 1.56. The number of nitrogen functional groups attached to an aromatic ring is 1. The van der Waals surface area contributed by atoms with Crippen LogP contribution in [0.1, 0.15) is 17.1 Å². The Bertz CT molecular complexity index is 639. The molecule has 0 aliphatic heterocycles. The third-order valence-corrected chi connectivity index (χ3v) is 3.81. The average Bonchev–Trinajstić information content (AvgIpc) is 2.41. The maximum Gasteiger partial charge on any atom is 0.145 e. The summed E-state index contributed by atoms with van der Waals surface area (Å²) in [6.45, 7) is 0.290. The standard InChI is InChI=1S/C13H12BrClFN3O/c1-20-6-9-11(14)13(17)19-10(18-9)5-7-3-2-4-8(15)12(7)16/h2-4H,5-6H2,1H3,(H2,17,18,19). The third kappa shape index (κ3) is 3.26. The first-order valence-electron chi connectivity index (χ1n) is 5.75. The number of aromatic nitrogens is 2. The molecule has 1 aromatic carbocycles. The normalized spacial score (nSPS) is 10.8. The van der Waals surface area contributed by atoms with Crippen molar-refractivity contribution in [3.8, 4) is 0 Å². The maximum absolute atomic E-state index is 13.9. The van der Waals surface area contributed by atoms with Crippen molar-refractivity contribution in [3.63, 3.8) is 0 Å². The second-order valence-electron chi connectivity index (χ2n) is 4.11. The van der Waals surface area contributed by atoms with Crippen LogP contribution in [-0.2, 0) is 17.8 Å². The Morgan fingerprint density at radius 2 is 2.15 bits per heavy atom. The van der Waals surface area contributed by atoms with E-state index in [9.17, 15) is 4.39 Å². The van der Waals surface area contributed by atoms with E-state index in [4.69, 9.17) is 22.1 Å². The Balaban J connectivity index is 2.36. The minimum atomic E-state index is -0.465. The molecule has 7 heteroatoms. The van der Waals surface area contributed by atoms with Crippen LogP contribution in [0.5, 0.6) is 0 Å². The molecule has 0 saturated heterocycles. The van der Waals surface area contributed by atoms with Gasteiger partial charge in [0.25, 0.3) is 0 Å². The number of rotatable bonds is 4. The van der Waals surface area contributed by atoms with Gasteiger partial charge in [-0.25, -0.2) is 14.4 Å². The number of ether oxygens (including phenoxy) is 1. The van der Waals surface area contributed by atoms with Gasteiger partial charge in [0.15, 0.2) is 0 Å². The summed E-state index contributed by atoms with van der Waals surface area (Å²) in [5.41, 5.74) is 6.84. The van der Waals surface area contributed by atoms with E-state index in [1.807, 2.05) is 0 Å². The van der Waals surface area contributed by atoms with Crippen molar-refractivity contribution < 1.29 is 9.13 Å². The molecule has 0 atom stereocenters. The minimum Gasteiger partial charge on any atom is -0.383 e. The molecule has 0 amide bonds. The first-order valence-corrected chi connectivity index (χ1v) is 6.92. The van der Waals surface area contributed by atoms with E-state index in [1.54, 1.807) is 19.2 Å². The van der Waals surface area contributed by atoms with Crippen LogP contribution in [0.4, 0.5) is 10.2 Å².